The minimum Gasteiger partial charge on any atom is -0.302 e. The van der Waals surface area contributed by atoms with E-state index in [1.54, 1.807) is 29.6 Å². The summed E-state index contributed by atoms with van der Waals surface area (Å²) in [4.78, 5) is 17.6. The number of benzene rings is 1. The first-order valence-corrected chi connectivity index (χ1v) is 11.2. The van der Waals surface area contributed by atoms with Crippen molar-refractivity contribution in [1.29, 1.82) is 0 Å². The van der Waals surface area contributed by atoms with Gasteiger partial charge in [0.15, 0.2) is 22.9 Å². The van der Waals surface area contributed by atoms with E-state index in [0.717, 1.165) is 17.7 Å². The Hall–Kier alpha value is -3.77. The molecule has 5 rings (SSSR count). The molecule has 0 aliphatic carbocycles. The molecule has 4 heterocycles. The summed E-state index contributed by atoms with van der Waals surface area (Å²) in [6, 6.07) is 11.2. The Balaban J connectivity index is 1.43. The highest BCUT2D eigenvalue weighted by molar-refractivity contribution is 7.13. The zero-order chi connectivity index (χ0) is 24.7. The van der Waals surface area contributed by atoms with E-state index in [1.165, 1.54) is 34.3 Å². The maximum Gasteiger partial charge on any atom is 0.433 e. The minimum absolute atomic E-state index is 0.000821. The van der Waals surface area contributed by atoms with Crippen LogP contribution >= 0.6 is 22.9 Å². The number of thiophene rings is 1. The van der Waals surface area contributed by atoms with Gasteiger partial charge in [-0.2, -0.15) is 23.4 Å². The zero-order valence-corrected chi connectivity index (χ0v) is 19.0. The highest BCUT2D eigenvalue weighted by Gasteiger charge is 2.36. The predicted octanol–water partition coefficient (Wildman–Crippen LogP) is 5.77. The van der Waals surface area contributed by atoms with E-state index in [0.29, 0.717) is 9.39 Å². The number of rotatable bonds is 5. The van der Waals surface area contributed by atoms with Crippen molar-refractivity contribution in [3.8, 4) is 10.6 Å². The van der Waals surface area contributed by atoms with Gasteiger partial charge >= 0.3 is 6.18 Å². The second-order valence-corrected chi connectivity index (χ2v) is 8.76. The number of hydrogen-bond donors (Lipinski definition) is 1. The summed E-state index contributed by atoms with van der Waals surface area (Å²) < 4.78 is 56.3. The van der Waals surface area contributed by atoms with E-state index in [2.05, 4.69) is 20.5 Å². The van der Waals surface area contributed by atoms with Gasteiger partial charge in [0.25, 0.3) is 5.91 Å². The van der Waals surface area contributed by atoms with Crippen LogP contribution in [-0.4, -0.2) is 30.3 Å². The van der Waals surface area contributed by atoms with E-state index in [-0.39, 0.29) is 40.2 Å². The SMILES string of the molecule is O=C(Nc1nn(Cc2ccc(F)cc2)cc1Cl)c1cc2nc(-c3cccs3)cc(C(F)(F)F)n2n1. The largest absolute Gasteiger partial charge is 0.433 e. The summed E-state index contributed by atoms with van der Waals surface area (Å²) in [5.41, 5.74) is -0.631. The highest BCUT2D eigenvalue weighted by atomic mass is 35.5. The molecule has 0 saturated heterocycles. The van der Waals surface area contributed by atoms with Gasteiger partial charge in [-0.25, -0.2) is 13.9 Å². The standard InChI is InChI=1S/C22H13ClF4N6OS/c23-14-11-32(10-12-3-5-13(24)6-4-12)31-20(14)29-21(34)16-9-19-28-15(17-2-1-7-35-17)8-18(22(25,26)27)33(19)30-16/h1-9,11H,10H2,(H,29,31,34). The van der Waals surface area contributed by atoms with E-state index >= 15 is 0 Å². The van der Waals surface area contributed by atoms with E-state index < -0.39 is 17.8 Å². The second-order valence-electron chi connectivity index (χ2n) is 7.41. The molecule has 0 bridgehead atoms. The summed E-state index contributed by atoms with van der Waals surface area (Å²) in [5, 5.41) is 12.3. The van der Waals surface area contributed by atoms with Crippen molar-refractivity contribution < 1.29 is 22.4 Å². The van der Waals surface area contributed by atoms with Crippen molar-refractivity contribution in [2.75, 3.05) is 5.32 Å². The molecule has 4 aromatic heterocycles. The number of aromatic nitrogens is 5. The molecular weight excluding hydrogens is 508 g/mol. The molecule has 0 spiro atoms. The van der Waals surface area contributed by atoms with Crippen LogP contribution in [0.1, 0.15) is 21.7 Å². The zero-order valence-electron chi connectivity index (χ0n) is 17.4. The first kappa shape index (κ1) is 23.0. The first-order valence-electron chi connectivity index (χ1n) is 9.98. The smallest absolute Gasteiger partial charge is 0.302 e. The van der Waals surface area contributed by atoms with Crippen molar-refractivity contribution in [1.82, 2.24) is 24.4 Å². The number of alkyl halides is 3. The molecule has 178 valence electrons. The summed E-state index contributed by atoms with van der Waals surface area (Å²) in [6.45, 7) is 0.259. The van der Waals surface area contributed by atoms with Crippen LogP contribution in [0.25, 0.3) is 16.2 Å². The lowest BCUT2D eigenvalue weighted by Gasteiger charge is -2.10. The molecule has 0 saturated carbocycles. The molecule has 0 fully saturated rings. The number of nitrogens with one attached hydrogen (secondary N) is 1. The topological polar surface area (TPSA) is 77.1 Å². The normalized spacial score (nSPS) is 11.8. The molecule has 0 aliphatic heterocycles. The molecule has 0 unspecified atom stereocenters. The Morgan fingerprint density at radius 3 is 2.57 bits per heavy atom. The van der Waals surface area contributed by atoms with Gasteiger partial charge in [0, 0.05) is 12.3 Å². The van der Waals surface area contributed by atoms with Gasteiger partial charge in [0.05, 0.1) is 17.1 Å². The summed E-state index contributed by atoms with van der Waals surface area (Å²) in [6.07, 6.45) is -3.27. The van der Waals surface area contributed by atoms with Crippen molar-refractivity contribution in [2.45, 2.75) is 12.7 Å². The maximum atomic E-state index is 13.7. The Morgan fingerprint density at radius 2 is 1.89 bits per heavy atom. The molecule has 1 amide bonds. The molecule has 35 heavy (non-hydrogen) atoms. The van der Waals surface area contributed by atoms with Crippen LogP contribution < -0.4 is 5.32 Å². The molecule has 13 heteroatoms. The highest BCUT2D eigenvalue weighted by Crippen LogP contribution is 2.33. The number of anilines is 1. The minimum atomic E-state index is -4.73. The van der Waals surface area contributed by atoms with Gasteiger partial charge in [-0.15, -0.1) is 11.3 Å². The quantitative estimate of drug-likeness (QED) is 0.299. The Bertz CT molecular complexity index is 1530. The lowest BCUT2D eigenvalue weighted by Crippen LogP contribution is -2.16. The third-order valence-electron chi connectivity index (χ3n) is 4.93. The number of carbonyl (C=O) groups is 1. The van der Waals surface area contributed by atoms with Gasteiger partial charge in [-0.3, -0.25) is 9.48 Å². The molecule has 0 atom stereocenters. The number of halogens is 5. The van der Waals surface area contributed by atoms with Crippen LogP contribution in [0.2, 0.25) is 5.02 Å². The molecule has 7 nitrogen and oxygen atoms in total. The molecule has 1 aromatic carbocycles. The summed E-state index contributed by atoms with van der Waals surface area (Å²) in [7, 11) is 0. The molecule has 0 aliphatic rings. The van der Waals surface area contributed by atoms with Crippen LogP contribution in [-0.2, 0) is 12.7 Å². The van der Waals surface area contributed by atoms with Crippen molar-refractivity contribution in [3.63, 3.8) is 0 Å². The van der Waals surface area contributed by atoms with Gasteiger partial charge in [0.1, 0.15) is 10.8 Å². The van der Waals surface area contributed by atoms with Gasteiger partial charge in [-0.05, 0) is 35.2 Å². The van der Waals surface area contributed by atoms with E-state index in [1.807, 2.05) is 0 Å². The molecule has 5 aromatic rings. The number of amides is 1. The van der Waals surface area contributed by atoms with Gasteiger partial charge < -0.3 is 5.32 Å². The number of carbonyl (C=O) groups excluding carboxylic acids is 1. The molecule has 0 radical (unpaired) electrons. The van der Waals surface area contributed by atoms with Gasteiger partial charge in [-0.1, -0.05) is 29.8 Å². The van der Waals surface area contributed by atoms with Crippen LogP contribution in [0.4, 0.5) is 23.4 Å². The van der Waals surface area contributed by atoms with Crippen molar-refractivity contribution in [2.24, 2.45) is 0 Å². The summed E-state index contributed by atoms with van der Waals surface area (Å²) >= 11 is 7.41. The Labute approximate surface area is 203 Å². The average Bonchev–Trinajstić information content (AvgIpc) is 3.54. The molecular formula is C22H13ClF4N6OS. The van der Waals surface area contributed by atoms with Crippen LogP contribution in [0, 0.1) is 5.82 Å². The third-order valence-corrected chi connectivity index (χ3v) is 6.10. The van der Waals surface area contributed by atoms with Crippen LogP contribution in [0.3, 0.4) is 0 Å². The van der Waals surface area contributed by atoms with E-state index in [4.69, 9.17) is 11.6 Å². The predicted molar refractivity (Wildman–Crippen MR) is 122 cm³/mol. The van der Waals surface area contributed by atoms with Crippen molar-refractivity contribution in [3.05, 3.63) is 87.9 Å². The van der Waals surface area contributed by atoms with Gasteiger partial charge in [0.2, 0.25) is 0 Å². The fourth-order valence-corrected chi connectivity index (χ4v) is 4.23. The first-order chi connectivity index (χ1) is 16.7. The van der Waals surface area contributed by atoms with Crippen LogP contribution in [0.15, 0.2) is 60.1 Å². The Kier molecular flexibility index (Phi) is 5.77. The third kappa shape index (κ3) is 4.75. The van der Waals surface area contributed by atoms with Crippen molar-refractivity contribution >= 4 is 40.3 Å². The number of hydrogen-bond acceptors (Lipinski definition) is 5. The number of fused-ring (bicyclic) bond motifs is 1. The monoisotopic (exact) mass is 520 g/mol. The van der Waals surface area contributed by atoms with E-state index in [9.17, 15) is 22.4 Å². The lowest BCUT2D eigenvalue weighted by molar-refractivity contribution is -0.142. The fraction of sp³-hybridized carbons (Fsp3) is 0.0909. The second kappa shape index (κ2) is 8.78. The Morgan fingerprint density at radius 1 is 1.11 bits per heavy atom. The van der Waals surface area contributed by atoms with Crippen LogP contribution in [0.5, 0.6) is 0 Å². The lowest BCUT2D eigenvalue weighted by atomic mass is 10.2. The molecule has 1 N–H and O–H groups in total. The fourth-order valence-electron chi connectivity index (χ4n) is 3.35. The number of nitrogens with zero attached hydrogens (tertiary/aromatic N) is 5. The summed E-state index contributed by atoms with van der Waals surface area (Å²) in [5.74, 6) is -1.19. The maximum absolute atomic E-state index is 13.7. The average molecular weight is 521 g/mol.